The van der Waals surface area contributed by atoms with Crippen molar-refractivity contribution in [3.05, 3.63) is 52.2 Å². The Morgan fingerprint density at radius 2 is 2.08 bits per heavy atom. The molecular formula is C20H26N4OS. The maximum Gasteiger partial charge on any atom is 0.225 e. The molecule has 26 heavy (non-hydrogen) atoms. The fourth-order valence-electron chi connectivity index (χ4n) is 3.18. The molecule has 0 saturated heterocycles. The number of nitrogens with zero attached hydrogens (tertiary/aromatic N) is 1. The van der Waals surface area contributed by atoms with Gasteiger partial charge in [0.15, 0.2) is 5.96 Å². The predicted octanol–water partition coefficient (Wildman–Crippen LogP) is 3.32. The van der Waals surface area contributed by atoms with E-state index in [9.17, 15) is 4.79 Å². The summed E-state index contributed by atoms with van der Waals surface area (Å²) in [6.07, 6.45) is 0.488. The zero-order chi connectivity index (χ0) is 18.6. The van der Waals surface area contributed by atoms with E-state index in [0.717, 1.165) is 18.2 Å². The molecule has 2 heterocycles. The molecule has 1 amide bonds. The summed E-state index contributed by atoms with van der Waals surface area (Å²) in [4.78, 5) is 17.6. The van der Waals surface area contributed by atoms with Crippen molar-refractivity contribution in [2.24, 2.45) is 4.99 Å². The van der Waals surface area contributed by atoms with Gasteiger partial charge in [-0.05, 0) is 23.1 Å². The fraction of sp³-hybridized carbons (Fsp3) is 0.400. The normalized spacial score (nSPS) is 17.4. The van der Waals surface area contributed by atoms with Crippen LogP contribution in [-0.2, 0) is 10.2 Å². The number of guanidine groups is 1. The van der Waals surface area contributed by atoms with Crippen LogP contribution in [0.2, 0.25) is 0 Å². The van der Waals surface area contributed by atoms with Crippen molar-refractivity contribution in [2.45, 2.75) is 31.6 Å². The minimum absolute atomic E-state index is 0.0309. The molecule has 0 spiro atoms. The van der Waals surface area contributed by atoms with E-state index in [1.165, 1.54) is 10.4 Å². The fourth-order valence-corrected chi connectivity index (χ4v) is 4.03. The molecule has 1 aromatic heterocycles. The van der Waals surface area contributed by atoms with E-state index in [1.807, 2.05) is 18.2 Å². The molecule has 0 bridgehead atoms. The summed E-state index contributed by atoms with van der Waals surface area (Å²) in [6.45, 7) is 5.90. The topological polar surface area (TPSA) is 65.5 Å². The van der Waals surface area contributed by atoms with Crippen molar-refractivity contribution < 1.29 is 4.79 Å². The van der Waals surface area contributed by atoms with Gasteiger partial charge in [0.2, 0.25) is 5.91 Å². The monoisotopic (exact) mass is 370 g/mol. The average Bonchev–Trinajstić information content (AvgIpc) is 3.17. The zero-order valence-corrected chi connectivity index (χ0v) is 16.3. The Bertz CT molecular complexity index is 783. The molecule has 0 fully saturated rings. The van der Waals surface area contributed by atoms with E-state index < -0.39 is 0 Å². The lowest BCUT2D eigenvalue weighted by Crippen LogP contribution is -2.45. The molecule has 1 aliphatic heterocycles. The summed E-state index contributed by atoms with van der Waals surface area (Å²) in [6, 6.07) is 12.2. The van der Waals surface area contributed by atoms with Gasteiger partial charge >= 0.3 is 0 Å². The van der Waals surface area contributed by atoms with Crippen molar-refractivity contribution in [3.8, 4) is 0 Å². The second kappa shape index (κ2) is 7.91. The van der Waals surface area contributed by atoms with Gasteiger partial charge in [0.05, 0.1) is 0 Å². The number of benzene rings is 1. The van der Waals surface area contributed by atoms with Gasteiger partial charge in [0, 0.05) is 48.5 Å². The standard InChI is InChI=1S/C20H26N4OS/c1-20(2,17-9-6-10-26-17)13-23-19(21-3)22-12-14-11-18(25)24-16-8-5-4-7-15(14)16/h4-10,14H,11-13H2,1-3H3,(H,24,25)(H2,21,22,23). The number of nitrogens with one attached hydrogen (secondary N) is 3. The Labute approximate surface area is 158 Å². The number of fused-ring (bicyclic) bond motifs is 1. The predicted molar refractivity (Wildman–Crippen MR) is 109 cm³/mol. The first-order chi connectivity index (χ1) is 12.5. The zero-order valence-electron chi connectivity index (χ0n) is 15.5. The van der Waals surface area contributed by atoms with Crippen LogP contribution >= 0.6 is 11.3 Å². The number of hydrogen-bond donors (Lipinski definition) is 3. The smallest absolute Gasteiger partial charge is 0.225 e. The highest BCUT2D eigenvalue weighted by Gasteiger charge is 2.25. The van der Waals surface area contributed by atoms with Gasteiger partial charge < -0.3 is 16.0 Å². The molecule has 5 nitrogen and oxygen atoms in total. The molecule has 0 saturated carbocycles. The number of carbonyl (C=O) groups excluding carboxylic acids is 1. The molecule has 3 N–H and O–H groups in total. The van der Waals surface area contributed by atoms with Crippen molar-refractivity contribution in [3.63, 3.8) is 0 Å². The van der Waals surface area contributed by atoms with Gasteiger partial charge in [-0.3, -0.25) is 9.79 Å². The maximum atomic E-state index is 12.0. The molecule has 0 radical (unpaired) electrons. The van der Waals surface area contributed by atoms with Crippen LogP contribution in [-0.4, -0.2) is 32.0 Å². The molecule has 1 unspecified atom stereocenters. The van der Waals surface area contributed by atoms with Crippen molar-refractivity contribution in [1.29, 1.82) is 0 Å². The van der Waals surface area contributed by atoms with Gasteiger partial charge in [-0.1, -0.05) is 38.1 Å². The molecule has 0 aliphatic carbocycles. The number of amides is 1. The summed E-state index contributed by atoms with van der Waals surface area (Å²) in [5.74, 6) is 0.971. The summed E-state index contributed by atoms with van der Waals surface area (Å²) in [5.41, 5.74) is 2.12. The van der Waals surface area contributed by atoms with Gasteiger partial charge in [-0.25, -0.2) is 0 Å². The second-order valence-corrected chi connectivity index (χ2v) is 8.15. The van der Waals surface area contributed by atoms with Crippen LogP contribution < -0.4 is 16.0 Å². The van der Waals surface area contributed by atoms with Crippen LogP contribution in [0.15, 0.2) is 46.8 Å². The number of anilines is 1. The molecule has 1 aliphatic rings. The molecule has 1 atom stereocenters. The molecule has 1 aromatic carbocycles. The highest BCUT2D eigenvalue weighted by atomic mass is 32.1. The Balaban J connectivity index is 1.59. The van der Waals surface area contributed by atoms with E-state index in [1.54, 1.807) is 18.4 Å². The average molecular weight is 371 g/mol. The Kier molecular flexibility index (Phi) is 5.61. The van der Waals surface area contributed by atoms with Crippen molar-refractivity contribution in [2.75, 3.05) is 25.5 Å². The second-order valence-electron chi connectivity index (χ2n) is 7.20. The lowest BCUT2D eigenvalue weighted by Gasteiger charge is -2.28. The van der Waals surface area contributed by atoms with E-state index in [4.69, 9.17) is 0 Å². The summed E-state index contributed by atoms with van der Waals surface area (Å²) < 4.78 is 0. The van der Waals surface area contributed by atoms with Crippen LogP contribution in [0, 0.1) is 0 Å². The van der Waals surface area contributed by atoms with Crippen molar-refractivity contribution >= 4 is 28.9 Å². The number of carbonyl (C=O) groups is 1. The Morgan fingerprint density at radius 1 is 1.27 bits per heavy atom. The number of thiophene rings is 1. The van der Waals surface area contributed by atoms with E-state index in [-0.39, 0.29) is 17.2 Å². The van der Waals surface area contributed by atoms with E-state index in [0.29, 0.717) is 13.0 Å². The molecule has 3 rings (SSSR count). The van der Waals surface area contributed by atoms with Gasteiger partial charge in [-0.15, -0.1) is 11.3 Å². The Hall–Kier alpha value is -2.34. The van der Waals surface area contributed by atoms with Gasteiger partial charge in [0.25, 0.3) is 0 Å². The minimum Gasteiger partial charge on any atom is -0.356 e. The van der Waals surface area contributed by atoms with Gasteiger partial charge in [0.1, 0.15) is 0 Å². The lowest BCUT2D eigenvalue weighted by atomic mass is 9.90. The number of para-hydroxylation sites is 1. The number of aliphatic imine (C=N–C) groups is 1. The molecular weight excluding hydrogens is 344 g/mol. The van der Waals surface area contributed by atoms with E-state index >= 15 is 0 Å². The molecule has 2 aromatic rings. The first kappa shape index (κ1) is 18.5. The third kappa shape index (κ3) is 4.25. The van der Waals surface area contributed by atoms with Crippen LogP contribution in [0.3, 0.4) is 0 Å². The van der Waals surface area contributed by atoms with E-state index in [2.05, 4.69) is 58.4 Å². The van der Waals surface area contributed by atoms with Crippen molar-refractivity contribution in [1.82, 2.24) is 10.6 Å². The Morgan fingerprint density at radius 3 is 2.81 bits per heavy atom. The molecule has 138 valence electrons. The largest absolute Gasteiger partial charge is 0.356 e. The minimum atomic E-state index is 0.0309. The first-order valence-corrected chi connectivity index (χ1v) is 9.75. The van der Waals surface area contributed by atoms with Crippen LogP contribution in [0.25, 0.3) is 0 Å². The van der Waals surface area contributed by atoms with Gasteiger partial charge in [-0.2, -0.15) is 0 Å². The van der Waals surface area contributed by atoms with Crippen LogP contribution in [0.5, 0.6) is 0 Å². The third-order valence-corrected chi connectivity index (χ3v) is 5.97. The summed E-state index contributed by atoms with van der Waals surface area (Å²) in [5, 5.41) is 11.8. The van der Waals surface area contributed by atoms with Crippen LogP contribution in [0.4, 0.5) is 5.69 Å². The quantitative estimate of drug-likeness (QED) is 0.559. The number of rotatable bonds is 5. The molecule has 6 heteroatoms. The third-order valence-electron chi connectivity index (χ3n) is 4.73. The maximum absolute atomic E-state index is 12.0. The van der Waals surface area contributed by atoms with Crippen LogP contribution in [0.1, 0.15) is 36.6 Å². The summed E-state index contributed by atoms with van der Waals surface area (Å²) in [7, 11) is 1.77. The highest BCUT2D eigenvalue weighted by molar-refractivity contribution is 7.10. The summed E-state index contributed by atoms with van der Waals surface area (Å²) >= 11 is 1.77. The highest BCUT2D eigenvalue weighted by Crippen LogP contribution is 2.31. The SMILES string of the molecule is CN=C(NCC1CC(=O)Nc2ccccc21)NCC(C)(C)c1cccs1. The lowest BCUT2D eigenvalue weighted by molar-refractivity contribution is -0.116. The number of hydrogen-bond acceptors (Lipinski definition) is 3. The first-order valence-electron chi connectivity index (χ1n) is 8.87.